The number of nitrogens with one attached hydrogen (secondary N) is 3. The van der Waals surface area contributed by atoms with Gasteiger partial charge in [0.2, 0.25) is 5.91 Å². The highest BCUT2D eigenvalue weighted by Crippen LogP contribution is 2.22. The molecule has 2 atom stereocenters. The third-order valence-corrected chi connectivity index (χ3v) is 8.32. The Morgan fingerprint density at radius 3 is 1.47 bits per heavy atom. The van der Waals surface area contributed by atoms with Crippen LogP contribution in [0.3, 0.4) is 0 Å². The Balaban J connectivity index is 0.000000253. The molecule has 0 saturated heterocycles. The molecular formula is C44H52N6O7. The smallest absolute Gasteiger partial charge is 0.407 e. The Kier molecular flexibility index (Phi) is 16.9. The van der Waals surface area contributed by atoms with Gasteiger partial charge in [-0.25, -0.2) is 4.79 Å². The van der Waals surface area contributed by atoms with Crippen molar-refractivity contribution in [1.82, 2.24) is 31.3 Å². The number of rotatable bonds is 16. The summed E-state index contributed by atoms with van der Waals surface area (Å²) >= 11 is 0. The lowest BCUT2D eigenvalue weighted by Crippen LogP contribution is -2.41. The number of aromatic amines is 1. The second-order valence-corrected chi connectivity index (χ2v) is 14.2. The van der Waals surface area contributed by atoms with Gasteiger partial charge in [-0.2, -0.15) is 5.21 Å². The molecule has 13 nitrogen and oxygen atoms in total. The van der Waals surface area contributed by atoms with Crippen LogP contribution in [-0.4, -0.2) is 75.5 Å². The van der Waals surface area contributed by atoms with Crippen LogP contribution in [0.25, 0.3) is 22.3 Å². The minimum absolute atomic E-state index is 0.0111. The van der Waals surface area contributed by atoms with Crippen LogP contribution in [0.15, 0.2) is 109 Å². The average molecular weight is 777 g/mol. The summed E-state index contributed by atoms with van der Waals surface area (Å²) in [5.74, 6) is -0.672. The lowest BCUT2D eigenvalue weighted by Gasteiger charge is -2.23. The van der Waals surface area contributed by atoms with Crippen molar-refractivity contribution in [3.63, 3.8) is 0 Å². The number of nitrogens with zero attached hydrogens (tertiary/aromatic N) is 3. The summed E-state index contributed by atoms with van der Waals surface area (Å²) in [6.07, 6.45) is 0.643. The van der Waals surface area contributed by atoms with Crippen molar-refractivity contribution in [2.45, 2.75) is 84.4 Å². The number of ether oxygens (including phenoxy) is 3. The second-order valence-electron chi connectivity index (χ2n) is 14.2. The van der Waals surface area contributed by atoms with Gasteiger partial charge in [0.1, 0.15) is 5.60 Å². The van der Waals surface area contributed by atoms with Gasteiger partial charge in [-0.15, -0.1) is 10.2 Å². The van der Waals surface area contributed by atoms with E-state index in [1.54, 1.807) is 34.6 Å². The Labute approximate surface area is 333 Å². The lowest BCUT2D eigenvalue weighted by molar-refractivity contribution is -0.144. The predicted octanol–water partition coefficient (Wildman–Crippen LogP) is 6.83. The first-order chi connectivity index (χ1) is 27.4. The van der Waals surface area contributed by atoms with Crippen molar-refractivity contribution in [2.75, 3.05) is 13.2 Å². The third-order valence-electron chi connectivity index (χ3n) is 8.32. The first-order valence-corrected chi connectivity index (χ1v) is 19.0. The van der Waals surface area contributed by atoms with Gasteiger partial charge in [0.15, 0.2) is 5.82 Å². The fourth-order valence-corrected chi connectivity index (χ4v) is 5.84. The average Bonchev–Trinajstić information content (AvgIpc) is 3.68. The third kappa shape index (κ3) is 16.1. The molecule has 300 valence electrons. The van der Waals surface area contributed by atoms with E-state index in [2.05, 4.69) is 55.5 Å². The first kappa shape index (κ1) is 43.4. The van der Waals surface area contributed by atoms with E-state index in [0.29, 0.717) is 31.9 Å². The zero-order chi connectivity index (χ0) is 41.0. The minimum Gasteiger partial charge on any atom is -0.466 e. The molecule has 0 saturated carbocycles. The topological polar surface area (TPSA) is 174 Å². The maximum absolute atomic E-state index is 12.3. The zero-order valence-electron chi connectivity index (χ0n) is 33.2. The molecule has 5 aromatic rings. The molecule has 5 rings (SSSR count). The lowest BCUT2D eigenvalue weighted by atomic mass is 9.99. The van der Waals surface area contributed by atoms with Crippen LogP contribution in [0.5, 0.6) is 0 Å². The summed E-state index contributed by atoms with van der Waals surface area (Å²) in [6, 6.07) is 35.6. The van der Waals surface area contributed by atoms with Crippen LogP contribution < -0.4 is 10.6 Å². The highest BCUT2D eigenvalue weighted by atomic mass is 16.6. The molecule has 4 aromatic carbocycles. The van der Waals surface area contributed by atoms with E-state index in [1.807, 2.05) is 84.9 Å². The van der Waals surface area contributed by atoms with Crippen molar-refractivity contribution >= 4 is 23.9 Å². The van der Waals surface area contributed by atoms with Gasteiger partial charge in [0, 0.05) is 12.1 Å². The van der Waals surface area contributed by atoms with Gasteiger partial charge in [0.05, 0.1) is 32.5 Å². The minimum atomic E-state index is -0.601. The molecule has 57 heavy (non-hydrogen) atoms. The molecule has 0 unspecified atom stereocenters. The van der Waals surface area contributed by atoms with E-state index >= 15 is 0 Å². The van der Waals surface area contributed by atoms with Gasteiger partial charge in [-0.05, 0) is 80.8 Å². The number of esters is 2. The number of alkyl carbamates (subject to hydrolysis) is 1. The molecule has 2 amide bonds. The normalized spacial score (nSPS) is 11.9. The summed E-state index contributed by atoms with van der Waals surface area (Å²) < 4.78 is 15.4. The molecule has 0 bridgehead atoms. The van der Waals surface area contributed by atoms with Gasteiger partial charge in [-0.1, -0.05) is 114 Å². The van der Waals surface area contributed by atoms with Gasteiger partial charge >= 0.3 is 18.0 Å². The second kappa shape index (κ2) is 22.2. The number of carbonyl (C=O) groups is 4. The van der Waals surface area contributed by atoms with Crippen molar-refractivity contribution in [1.29, 1.82) is 0 Å². The van der Waals surface area contributed by atoms with E-state index in [1.165, 1.54) is 0 Å². The number of amides is 2. The Morgan fingerprint density at radius 2 is 1.07 bits per heavy atom. The predicted molar refractivity (Wildman–Crippen MR) is 217 cm³/mol. The number of tetrazole rings is 1. The summed E-state index contributed by atoms with van der Waals surface area (Å²) in [7, 11) is 0. The summed E-state index contributed by atoms with van der Waals surface area (Å²) in [4.78, 5) is 48.4. The molecule has 0 aliphatic heterocycles. The number of hydrogen-bond donors (Lipinski definition) is 3. The standard InChI is InChI=1S/C23H29NO4.C21H23N5O3/c1-5-27-21(25)16-20(24-22(26)28-23(2,3)4)15-17-11-13-19(14-12-17)18-9-7-6-8-10-18;1-2-29-21(28)13-18(22-20(27)14-19-23-25-26-24-19)12-15-8-10-17(11-9-15)16-6-4-3-5-7-16/h6-14,20H,5,15-16H2,1-4H3,(H,24,26);3-11,18H,2,12-14H2,1H3,(H,22,27)(H,23,24,25,26)/t20-;18-/m11/s1. The van der Waals surface area contributed by atoms with E-state index in [9.17, 15) is 19.2 Å². The zero-order valence-corrected chi connectivity index (χ0v) is 33.2. The molecule has 1 aromatic heterocycles. The maximum atomic E-state index is 12.3. The number of carbonyl (C=O) groups excluding carboxylic acids is 4. The number of hydrogen-bond acceptors (Lipinski definition) is 10. The van der Waals surface area contributed by atoms with Crippen LogP contribution in [0, 0.1) is 0 Å². The van der Waals surface area contributed by atoms with Crippen LogP contribution in [-0.2, 0) is 47.9 Å². The van der Waals surface area contributed by atoms with E-state index in [4.69, 9.17) is 14.2 Å². The summed E-state index contributed by atoms with van der Waals surface area (Å²) in [5, 5.41) is 19.0. The Bertz CT molecular complexity index is 1970. The molecule has 0 aliphatic rings. The maximum Gasteiger partial charge on any atom is 0.407 e. The Morgan fingerprint density at radius 1 is 0.632 bits per heavy atom. The number of H-pyrrole nitrogens is 1. The fourth-order valence-electron chi connectivity index (χ4n) is 5.84. The first-order valence-electron chi connectivity index (χ1n) is 19.0. The van der Waals surface area contributed by atoms with E-state index < -0.39 is 23.8 Å². The molecule has 0 aliphatic carbocycles. The van der Waals surface area contributed by atoms with Crippen LogP contribution in [0.2, 0.25) is 0 Å². The number of aromatic nitrogens is 4. The molecule has 13 heteroatoms. The van der Waals surface area contributed by atoms with Gasteiger partial charge < -0.3 is 24.8 Å². The van der Waals surface area contributed by atoms with Gasteiger partial charge in [-0.3, -0.25) is 14.4 Å². The van der Waals surface area contributed by atoms with Crippen LogP contribution in [0.4, 0.5) is 4.79 Å². The SMILES string of the molecule is CCOC(=O)C[C@@H](Cc1ccc(-c2ccccc2)cc1)NC(=O)Cc1nn[nH]n1.CCOC(=O)C[C@@H](Cc1ccc(-c2ccccc2)cc1)NC(=O)OC(C)(C)C. The van der Waals surface area contributed by atoms with Crippen LogP contribution in [0.1, 0.15) is 64.4 Å². The molecule has 0 spiro atoms. The molecule has 0 fully saturated rings. The molecule has 3 N–H and O–H groups in total. The van der Waals surface area contributed by atoms with Crippen molar-refractivity contribution in [3.8, 4) is 22.3 Å². The highest BCUT2D eigenvalue weighted by Gasteiger charge is 2.23. The highest BCUT2D eigenvalue weighted by molar-refractivity contribution is 5.79. The van der Waals surface area contributed by atoms with Crippen LogP contribution >= 0.6 is 0 Å². The molecule has 0 radical (unpaired) electrons. The summed E-state index contributed by atoms with van der Waals surface area (Å²) in [6.45, 7) is 9.53. The molecule has 1 heterocycles. The van der Waals surface area contributed by atoms with E-state index in [0.717, 1.165) is 33.4 Å². The quantitative estimate of drug-likeness (QED) is 0.0712. The fraction of sp³-hybridized carbons (Fsp3) is 0.341. The molecular weight excluding hydrogens is 725 g/mol. The van der Waals surface area contributed by atoms with Crippen molar-refractivity contribution in [2.24, 2.45) is 0 Å². The summed E-state index contributed by atoms with van der Waals surface area (Å²) in [5.41, 5.74) is 5.93. The van der Waals surface area contributed by atoms with Crippen molar-refractivity contribution in [3.05, 3.63) is 126 Å². The van der Waals surface area contributed by atoms with Crippen molar-refractivity contribution < 1.29 is 33.4 Å². The number of benzene rings is 4. The van der Waals surface area contributed by atoms with E-state index in [-0.39, 0.29) is 37.1 Å². The van der Waals surface area contributed by atoms with Gasteiger partial charge in [0.25, 0.3) is 0 Å². The Hall–Kier alpha value is -6.37. The monoisotopic (exact) mass is 776 g/mol. The largest absolute Gasteiger partial charge is 0.466 e.